The Kier molecular flexibility index (Phi) is 4.40. The zero-order valence-corrected chi connectivity index (χ0v) is 17.3. The molecule has 0 unspecified atom stereocenters. The number of hydrogen-bond donors (Lipinski definition) is 2. The van der Waals surface area contributed by atoms with Crippen molar-refractivity contribution in [3.63, 3.8) is 0 Å². The molecule has 32 heavy (non-hydrogen) atoms. The molecule has 6 aromatic rings. The van der Waals surface area contributed by atoms with Crippen molar-refractivity contribution in [2.75, 3.05) is 0 Å². The molecule has 0 atom stereocenters. The molecule has 0 aliphatic rings. The molecule has 0 aliphatic heterocycles. The summed E-state index contributed by atoms with van der Waals surface area (Å²) in [4.78, 5) is 16.1. The number of nitrogens with one attached hydrogen (secondary N) is 2. The van der Waals surface area contributed by atoms with Gasteiger partial charge in [0, 0.05) is 57.5 Å². The summed E-state index contributed by atoms with van der Waals surface area (Å²) >= 11 is 0. The molecule has 0 aliphatic carbocycles. The third kappa shape index (κ3) is 3.19. The highest BCUT2D eigenvalue weighted by atomic mass is 14.7. The van der Waals surface area contributed by atoms with Crippen molar-refractivity contribution in [1.29, 1.82) is 0 Å². The minimum Gasteiger partial charge on any atom is -0.360 e. The first-order valence-corrected chi connectivity index (χ1v) is 10.6. The van der Waals surface area contributed by atoms with Crippen molar-refractivity contribution in [2.45, 2.75) is 0 Å². The zero-order chi connectivity index (χ0) is 21.3. The van der Waals surface area contributed by atoms with Gasteiger partial charge in [0.2, 0.25) is 0 Å². The van der Waals surface area contributed by atoms with Gasteiger partial charge in [0.25, 0.3) is 0 Å². The summed E-state index contributed by atoms with van der Waals surface area (Å²) in [7, 11) is 0. The maximum Gasteiger partial charge on any atom is 0.0629 e. The second-order valence-corrected chi connectivity index (χ2v) is 7.75. The number of benzene rings is 4. The fourth-order valence-corrected chi connectivity index (χ4v) is 4.18. The van der Waals surface area contributed by atoms with Crippen LogP contribution in [0.5, 0.6) is 0 Å². The monoisotopic (exact) mass is 412 g/mol. The van der Waals surface area contributed by atoms with E-state index in [2.05, 4.69) is 44.2 Å². The molecule has 0 fully saturated rings. The number of aliphatic imine (C=N–C) groups is 2. The largest absolute Gasteiger partial charge is 0.360 e. The normalized spacial score (nSPS) is 12.1. The van der Waals surface area contributed by atoms with E-state index in [4.69, 9.17) is 0 Å². The van der Waals surface area contributed by atoms with Gasteiger partial charge in [0.05, 0.1) is 22.4 Å². The molecule has 152 valence electrons. The average Bonchev–Trinajstić information content (AvgIpc) is 3.47. The first kappa shape index (κ1) is 18.3. The highest BCUT2D eigenvalue weighted by molar-refractivity contribution is 6.19. The molecular formula is C28H20N4. The van der Waals surface area contributed by atoms with Gasteiger partial charge < -0.3 is 9.97 Å². The Morgan fingerprint density at radius 1 is 0.469 bits per heavy atom. The van der Waals surface area contributed by atoms with Crippen LogP contribution in [-0.4, -0.2) is 22.4 Å². The van der Waals surface area contributed by atoms with Crippen LogP contribution in [0.15, 0.2) is 107 Å². The van der Waals surface area contributed by atoms with Crippen molar-refractivity contribution in [2.24, 2.45) is 9.98 Å². The number of hydrogen-bond acceptors (Lipinski definition) is 2. The summed E-state index contributed by atoms with van der Waals surface area (Å²) < 4.78 is 0. The lowest BCUT2D eigenvalue weighted by molar-refractivity contribution is 1.47. The molecule has 0 saturated carbocycles. The lowest BCUT2D eigenvalue weighted by Gasteiger charge is -2.03. The fourth-order valence-electron chi connectivity index (χ4n) is 4.18. The van der Waals surface area contributed by atoms with Crippen LogP contribution < -0.4 is 0 Å². The lowest BCUT2D eigenvalue weighted by Crippen LogP contribution is -1.82. The molecule has 2 heterocycles. The number of rotatable bonds is 4. The molecule has 0 spiro atoms. The minimum absolute atomic E-state index is 0.945. The molecule has 0 radical (unpaired) electrons. The highest BCUT2D eigenvalue weighted by Gasteiger charge is 2.11. The van der Waals surface area contributed by atoms with E-state index in [1.807, 2.05) is 85.5 Å². The van der Waals surface area contributed by atoms with Crippen LogP contribution in [0.3, 0.4) is 0 Å². The third-order valence-electron chi connectivity index (χ3n) is 5.78. The van der Waals surface area contributed by atoms with Gasteiger partial charge in [-0.05, 0) is 24.3 Å². The van der Waals surface area contributed by atoms with Crippen LogP contribution in [0.1, 0.15) is 11.1 Å². The van der Waals surface area contributed by atoms with Crippen molar-refractivity contribution in [3.05, 3.63) is 108 Å². The number of nitrogens with zero attached hydrogens (tertiary/aromatic N) is 2. The number of fused-ring (bicyclic) bond motifs is 5. The summed E-state index contributed by atoms with van der Waals surface area (Å²) in [6.45, 7) is 0. The Bertz CT molecular complexity index is 1480. The molecule has 0 amide bonds. The standard InChI is InChI=1S/C28H20N4/c1-3-7-21(8-4-1)29-15-19-17-31-27-23(19)11-13-26-25(27)14-12-24-20(18-32-28(24)26)16-30-22-9-5-2-6-10-22/h1-18,31-32H. The van der Waals surface area contributed by atoms with E-state index >= 15 is 0 Å². The summed E-state index contributed by atoms with van der Waals surface area (Å²) in [5, 5.41) is 4.69. The smallest absolute Gasteiger partial charge is 0.0629 e. The second kappa shape index (κ2) is 7.67. The highest BCUT2D eigenvalue weighted by Crippen LogP contribution is 2.32. The Balaban J connectivity index is 1.41. The van der Waals surface area contributed by atoms with Gasteiger partial charge in [-0.3, -0.25) is 9.98 Å². The van der Waals surface area contributed by atoms with Crippen molar-refractivity contribution in [3.8, 4) is 0 Å². The van der Waals surface area contributed by atoms with Gasteiger partial charge in [-0.15, -0.1) is 0 Å². The van der Waals surface area contributed by atoms with E-state index in [1.165, 1.54) is 10.8 Å². The van der Waals surface area contributed by atoms with Gasteiger partial charge in [-0.25, -0.2) is 0 Å². The summed E-state index contributed by atoms with van der Waals surface area (Å²) in [6.07, 6.45) is 7.89. The predicted molar refractivity (Wildman–Crippen MR) is 135 cm³/mol. The molecule has 0 saturated heterocycles. The zero-order valence-electron chi connectivity index (χ0n) is 17.3. The molecule has 4 heteroatoms. The third-order valence-corrected chi connectivity index (χ3v) is 5.78. The number of para-hydroxylation sites is 2. The molecule has 6 rings (SSSR count). The molecule has 0 bridgehead atoms. The van der Waals surface area contributed by atoms with Crippen LogP contribution in [0, 0.1) is 0 Å². The number of H-pyrrole nitrogens is 2. The minimum atomic E-state index is 0.945. The summed E-state index contributed by atoms with van der Waals surface area (Å²) in [6, 6.07) is 28.7. The van der Waals surface area contributed by atoms with E-state index < -0.39 is 0 Å². The summed E-state index contributed by atoms with van der Waals surface area (Å²) in [5.41, 5.74) is 6.28. The topological polar surface area (TPSA) is 56.3 Å². The fraction of sp³-hybridized carbons (Fsp3) is 0. The first-order valence-electron chi connectivity index (χ1n) is 10.6. The van der Waals surface area contributed by atoms with E-state index in [-0.39, 0.29) is 0 Å². The van der Waals surface area contributed by atoms with Crippen LogP contribution in [0.2, 0.25) is 0 Å². The Hall–Kier alpha value is -4.44. The van der Waals surface area contributed by atoms with Gasteiger partial charge in [-0.2, -0.15) is 0 Å². The molecular weight excluding hydrogens is 392 g/mol. The van der Waals surface area contributed by atoms with Gasteiger partial charge >= 0.3 is 0 Å². The molecule has 2 N–H and O–H groups in total. The number of aromatic amines is 2. The van der Waals surface area contributed by atoms with Crippen molar-refractivity contribution < 1.29 is 0 Å². The maximum atomic E-state index is 4.61. The van der Waals surface area contributed by atoms with Crippen LogP contribution >= 0.6 is 0 Å². The van der Waals surface area contributed by atoms with E-state index in [9.17, 15) is 0 Å². The van der Waals surface area contributed by atoms with E-state index in [0.717, 1.165) is 44.3 Å². The van der Waals surface area contributed by atoms with Gasteiger partial charge in [0.1, 0.15) is 0 Å². The second-order valence-electron chi connectivity index (χ2n) is 7.75. The molecule has 2 aromatic heterocycles. The number of aromatic nitrogens is 2. The Morgan fingerprint density at radius 2 is 0.875 bits per heavy atom. The summed E-state index contributed by atoms with van der Waals surface area (Å²) in [5.74, 6) is 0. The van der Waals surface area contributed by atoms with Crippen LogP contribution in [-0.2, 0) is 0 Å². The Labute approximate surface area is 185 Å². The van der Waals surface area contributed by atoms with E-state index in [0.29, 0.717) is 0 Å². The molecule has 4 aromatic carbocycles. The maximum absolute atomic E-state index is 4.61. The Morgan fingerprint density at radius 3 is 1.31 bits per heavy atom. The predicted octanol–water partition coefficient (Wildman–Crippen LogP) is 7.30. The van der Waals surface area contributed by atoms with Gasteiger partial charge in [0.15, 0.2) is 0 Å². The molecule has 4 nitrogen and oxygen atoms in total. The lowest BCUT2D eigenvalue weighted by atomic mass is 10.0. The quantitative estimate of drug-likeness (QED) is 0.285. The SMILES string of the molecule is C(=Nc1ccccc1)c1c[nH]c2c1ccc1c2ccc2c(C=Nc3ccccc3)c[nH]c21. The van der Waals surface area contributed by atoms with Crippen LogP contribution in [0.4, 0.5) is 11.4 Å². The van der Waals surface area contributed by atoms with Crippen LogP contribution in [0.25, 0.3) is 32.6 Å². The van der Waals surface area contributed by atoms with Crippen molar-refractivity contribution in [1.82, 2.24) is 9.97 Å². The van der Waals surface area contributed by atoms with Gasteiger partial charge in [-0.1, -0.05) is 60.7 Å². The average molecular weight is 412 g/mol. The first-order chi connectivity index (χ1) is 15.9. The van der Waals surface area contributed by atoms with E-state index in [1.54, 1.807) is 0 Å². The van der Waals surface area contributed by atoms with Crippen molar-refractivity contribution >= 4 is 56.4 Å².